The van der Waals surface area contributed by atoms with Crippen molar-refractivity contribution in [2.24, 2.45) is 0 Å². The highest BCUT2D eigenvalue weighted by atomic mass is 19.1. The summed E-state index contributed by atoms with van der Waals surface area (Å²) in [5.41, 5.74) is 1.38. The fourth-order valence-corrected chi connectivity index (χ4v) is 1.82. The third-order valence-electron chi connectivity index (χ3n) is 2.81. The molecule has 0 aliphatic rings. The van der Waals surface area contributed by atoms with Crippen molar-refractivity contribution in [2.75, 3.05) is 7.11 Å². The molecule has 2 rings (SSSR count). The van der Waals surface area contributed by atoms with Gasteiger partial charge in [-0.3, -0.25) is 0 Å². The van der Waals surface area contributed by atoms with Gasteiger partial charge < -0.3 is 4.74 Å². The van der Waals surface area contributed by atoms with Gasteiger partial charge in [0.1, 0.15) is 11.6 Å². The van der Waals surface area contributed by atoms with Gasteiger partial charge in [-0.15, -0.1) is 0 Å². The van der Waals surface area contributed by atoms with Crippen LogP contribution in [0.4, 0.5) is 8.78 Å². The Morgan fingerprint density at radius 1 is 1.05 bits per heavy atom. The maximum absolute atomic E-state index is 13.8. The number of halogens is 2. The van der Waals surface area contributed by atoms with E-state index in [9.17, 15) is 13.6 Å². The van der Waals surface area contributed by atoms with Gasteiger partial charge in [0.2, 0.25) is 0 Å². The largest absolute Gasteiger partial charge is 0.465 e. The number of ether oxygens (including phenoxy) is 1. The lowest BCUT2D eigenvalue weighted by atomic mass is 10.0. The Bertz CT molecular complexity index is 636. The number of esters is 1. The van der Waals surface area contributed by atoms with E-state index in [1.807, 2.05) is 6.92 Å². The van der Waals surface area contributed by atoms with Gasteiger partial charge in [0.15, 0.2) is 0 Å². The summed E-state index contributed by atoms with van der Waals surface area (Å²) >= 11 is 0. The number of hydrogen-bond donors (Lipinski definition) is 0. The van der Waals surface area contributed by atoms with Gasteiger partial charge in [0.25, 0.3) is 0 Å². The zero-order valence-electron chi connectivity index (χ0n) is 10.5. The minimum Gasteiger partial charge on any atom is -0.465 e. The lowest BCUT2D eigenvalue weighted by Gasteiger charge is -2.07. The van der Waals surface area contributed by atoms with Gasteiger partial charge in [0, 0.05) is 5.56 Å². The molecule has 0 atom stereocenters. The Morgan fingerprint density at radius 3 is 2.42 bits per heavy atom. The smallest absolute Gasteiger partial charge is 0.340 e. The van der Waals surface area contributed by atoms with Gasteiger partial charge in [-0.05, 0) is 36.8 Å². The number of methoxy groups -OCH3 is 1. The molecule has 4 heteroatoms. The fraction of sp³-hybridized carbons (Fsp3) is 0.133. The van der Waals surface area contributed by atoms with Gasteiger partial charge in [-0.1, -0.05) is 17.7 Å². The molecule has 0 fully saturated rings. The monoisotopic (exact) mass is 262 g/mol. The molecule has 0 saturated carbocycles. The van der Waals surface area contributed by atoms with Crippen LogP contribution in [0.3, 0.4) is 0 Å². The van der Waals surface area contributed by atoms with E-state index in [-0.39, 0.29) is 5.56 Å². The summed E-state index contributed by atoms with van der Waals surface area (Å²) in [4.78, 5) is 11.3. The number of hydrogen-bond acceptors (Lipinski definition) is 2. The molecule has 0 heterocycles. The summed E-state index contributed by atoms with van der Waals surface area (Å²) in [5, 5.41) is 0. The maximum atomic E-state index is 13.8. The van der Waals surface area contributed by atoms with Crippen LogP contribution in [0.5, 0.6) is 0 Å². The van der Waals surface area contributed by atoms with Crippen LogP contribution in [0.1, 0.15) is 15.9 Å². The Labute approximate surface area is 109 Å². The second-order valence-corrected chi connectivity index (χ2v) is 4.17. The van der Waals surface area contributed by atoms with E-state index in [0.29, 0.717) is 11.1 Å². The standard InChI is InChI=1S/C15H12F2O2/c1-9-3-6-13(16)12(7-9)10-4-5-11(14(17)8-10)15(18)19-2/h3-8H,1-2H3. The Morgan fingerprint density at radius 2 is 1.79 bits per heavy atom. The third-order valence-corrected chi connectivity index (χ3v) is 2.81. The molecule has 0 aromatic heterocycles. The van der Waals surface area contributed by atoms with E-state index < -0.39 is 17.6 Å². The van der Waals surface area contributed by atoms with Crippen molar-refractivity contribution in [1.29, 1.82) is 0 Å². The first-order valence-electron chi connectivity index (χ1n) is 5.67. The van der Waals surface area contributed by atoms with Crippen LogP contribution in [0.15, 0.2) is 36.4 Å². The molecule has 0 amide bonds. The molecule has 2 nitrogen and oxygen atoms in total. The first kappa shape index (κ1) is 13.2. The van der Waals surface area contributed by atoms with E-state index in [2.05, 4.69) is 4.74 Å². The van der Waals surface area contributed by atoms with Gasteiger partial charge in [0.05, 0.1) is 12.7 Å². The first-order valence-corrected chi connectivity index (χ1v) is 5.67. The number of rotatable bonds is 2. The molecule has 98 valence electrons. The fourth-order valence-electron chi connectivity index (χ4n) is 1.82. The van der Waals surface area contributed by atoms with Crippen LogP contribution >= 0.6 is 0 Å². The normalized spacial score (nSPS) is 10.3. The molecule has 0 saturated heterocycles. The first-order chi connectivity index (χ1) is 9.02. The summed E-state index contributed by atoms with van der Waals surface area (Å²) in [5.74, 6) is -1.92. The summed E-state index contributed by atoms with van der Waals surface area (Å²) in [7, 11) is 1.18. The van der Waals surface area contributed by atoms with Crippen molar-refractivity contribution in [3.8, 4) is 11.1 Å². The maximum Gasteiger partial charge on any atom is 0.340 e. The van der Waals surface area contributed by atoms with Crippen molar-refractivity contribution < 1.29 is 18.3 Å². The number of carbonyl (C=O) groups is 1. The van der Waals surface area contributed by atoms with Crippen molar-refractivity contribution in [1.82, 2.24) is 0 Å². The predicted molar refractivity (Wildman–Crippen MR) is 67.9 cm³/mol. The molecule has 0 radical (unpaired) electrons. The Balaban J connectivity index is 2.50. The number of benzene rings is 2. The molecule has 2 aromatic rings. The van der Waals surface area contributed by atoms with Crippen LogP contribution in [0, 0.1) is 18.6 Å². The molecule has 0 unspecified atom stereocenters. The molecular weight excluding hydrogens is 250 g/mol. The highest BCUT2D eigenvalue weighted by Crippen LogP contribution is 2.26. The molecule has 19 heavy (non-hydrogen) atoms. The van der Waals surface area contributed by atoms with Crippen molar-refractivity contribution in [3.05, 3.63) is 59.2 Å². The van der Waals surface area contributed by atoms with E-state index in [1.54, 1.807) is 12.1 Å². The van der Waals surface area contributed by atoms with Crippen molar-refractivity contribution in [2.45, 2.75) is 6.92 Å². The highest BCUT2D eigenvalue weighted by Gasteiger charge is 2.14. The zero-order chi connectivity index (χ0) is 14.0. The molecule has 0 N–H and O–H groups in total. The average molecular weight is 262 g/mol. The quantitative estimate of drug-likeness (QED) is 0.771. The Hall–Kier alpha value is -2.23. The lowest BCUT2D eigenvalue weighted by Crippen LogP contribution is -2.04. The van der Waals surface area contributed by atoms with Crippen molar-refractivity contribution in [3.63, 3.8) is 0 Å². The SMILES string of the molecule is COC(=O)c1ccc(-c2cc(C)ccc2F)cc1F. The summed E-state index contributed by atoms with van der Waals surface area (Å²) in [6.07, 6.45) is 0. The second kappa shape index (κ2) is 5.18. The average Bonchev–Trinajstić information content (AvgIpc) is 2.40. The third kappa shape index (κ3) is 2.62. The summed E-state index contributed by atoms with van der Waals surface area (Å²) in [6, 6.07) is 8.51. The second-order valence-electron chi connectivity index (χ2n) is 4.17. The van der Waals surface area contributed by atoms with Gasteiger partial charge >= 0.3 is 5.97 Å². The van der Waals surface area contributed by atoms with E-state index in [0.717, 1.165) is 11.6 Å². The lowest BCUT2D eigenvalue weighted by molar-refractivity contribution is 0.0595. The molecule has 0 aliphatic heterocycles. The molecular formula is C15H12F2O2. The van der Waals surface area contributed by atoms with Crippen molar-refractivity contribution >= 4 is 5.97 Å². The molecule has 2 aromatic carbocycles. The molecule has 0 spiro atoms. The molecule has 0 bridgehead atoms. The topological polar surface area (TPSA) is 26.3 Å². The Kier molecular flexibility index (Phi) is 3.60. The van der Waals surface area contributed by atoms with E-state index >= 15 is 0 Å². The van der Waals surface area contributed by atoms with Gasteiger partial charge in [-0.2, -0.15) is 0 Å². The number of aryl methyl sites for hydroxylation is 1. The molecule has 0 aliphatic carbocycles. The van der Waals surface area contributed by atoms with Crippen LogP contribution in [-0.4, -0.2) is 13.1 Å². The minimum absolute atomic E-state index is 0.167. The van der Waals surface area contributed by atoms with Crippen LogP contribution < -0.4 is 0 Å². The van der Waals surface area contributed by atoms with Crippen LogP contribution in [0.25, 0.3) is 11.1 Å². The number of carbonyl (C=O) groups excluding carboxylic acids is 1. The van der Waals surface area contributed by atoms with E-state index in [1.165, 1.54) is 25.3 Å². The van der Waals surface area contributed by atoms with E-state index in [4.69, 9.17) is 0 Å². The van der Waals surface area contributed by atoms with Crippen LogP contribution in [0.2, 0.25) is 0 Å². The summed E-state index contributed by atoms with van der Waals surface area (Å²) in [6.45, 7) is 1.82. The summed E-state index contributed by atoms with van der Waals surface area (Å²) < 4.78 is 31.9. The predicted octanol–water partition coefficient (Wildman–Crippen LogP) is 3.73. The zero-order valence-corrected chi connectivity index (χ0v) is 10.5. The highest BCUT2D eigenvalue weighted by molar-refractivity contribution is 5.90. The van der Waals surface area contributed by atoms with Crippen LogP contribution in [-0.2, 0) is 4.74 Å². The van der Waals surface area contributed by atoms with Gasteiger partial charge in [-0.25, -0.2) is 13.6 Å². The minimum atomic E-state index is -0.756.